The second-order valence-electron chi connectivity index (χ2n) is 3.85. The van der Waals surface area contributed by atoms with Crippen molar-refractivity contribution in [2.45, 2.75) is 0 Å². The zero-order valence-electron chi connectivity index (χ0n) is 9.85. The van der Waals surface area contributed by atoms with Gasteiger partial charge in [-0.05, 0) is 35.7 Å². The fraction of sp³-hybridized carbons (Fsp3) is 0. The number of anilines is 1. The maximum Gasteiger partial charge on any atom is 0.265 e. The largest absolute Gasteiger partial charge is 0.321 e. The molecule has 3 aromatic rings. The highest BCUT2D eigenvalue weighted by molar-refractivity contribution is 7.12. The standard InChI is InChI=1S/C13H10N4OS/c18-13(12-2-1-7-19-12)16-10-3-5-11(6-4-10)17-8-14-15-9-17/h1-9H,(H,16,18). The molecular weight excluding hydrogens is 260 g/mol. The van der Waals surface area contributed by atoms with Gasteiger partial charge in [-0.2, -0.15) is 0 Å². The number of nitrogens with zero attached hydrogens (tertiary/aromatic N) is 3. The molecule has 0 aliphatic rings. The summed E-state index contributed by atoms with van der Waals surface area (Å²) < 4.78 is 1.80. The van der Waals surface area contributed by atoms with Crippen molar-refractivity contribution in [3.8, 4) is 5.69 Å². The smallest absolute Gasteiger partial charge is 0.265 e. The van der Waals surface area contributed by atoms with E-state index in [1.807, 2.05) is 35.7 Å². The van der Waals surface area contributed by atoms with Crippen LogP contribution >= 0.6 is 11.3 Å². The molecule has 1 amide bonds. The zero-order valence-corrected chi connectivity index (χ0v) is 10.7. The number of hydrogen-bond acceptors (Lipinski definition) is 4. The molecule has 0 spiro atoms. The van der Waals surface area contributed by atoms with E-state index in [0.717, 1.165) is 11.4 Å². The van der Waals surface area contributed by atoms with Crippen LogP contribution in [0.2, 0.25) is 0 Å². The predicted octanol–water partition coefficient (Wildman–Crippen LogP) is 2.58. The van der Waals surface area contributed by atoms with Gasteiger partial charge in [0.2, 0.25) is 0 Å². The van der Waals surface area contributed by atoms with Crippen LogP contribution in [0.25, 0.3) is 5.69 Å². The van der Waals surface area contributed by atoms with Gasteiger partial charge in [0.15, 0.2) is 0 Å². The summed E-state index contributed by atoms with van der Waals surface area (Å²) in [6, 6.07) is 11.1. The van der Waals surface area contributed by atoms with Crippen molar-refractivity contribution in [2.75, 3.05) is 5.32 Å². The lowest BCUT2D eigenvalue weighted by atomic mass is 10.2. The second-order valence-corrected chi connectivity index (χ2v) is 4.80. The van der Waals surface area contributed by atoms with Gasteiger partial charge in [-0.15, -0.1) is 21.5 Å². The second kappa shape index (κ2) is 5.03. The summed E-state index contributed by atoms with van der Waals surface area (Å²) in [6.45, 7) is 0. The third-order valence-corrected chi connectivity index (χ3v) is 3.46. The van der Waals surface area contributed by atoms with Gasteiger partial charge in [0, 0.05) is 11.4 Å². The van der Waals surface area contributed by atoms with Crippen molar-refractivity contribution in [3.63, 3.8) is 0 Å². The van der Waals surface area contributed by atoms with Gasteiger partial charge in [-0.1, -0.05) is 6.07 Å². The first-order valence-corrected chi connectivity index (χ1v) is 6.51. The molecule has 0 aliphatic carbocycles. The summed E-state index contributed by atoms with van der Waals surface area (Å²) in [4.78, 5) is 12.6. The average Bonchev–Trinajstić information content (AvgIpc) is 3.13. The number of aromatic nitrogens is 3. The number of carbonyl (C=O) groups excluding carboxylic acids is 1. The Balaban J connectivity index is 1.75. The average molecular weight is 270 g/mol. The van der Waals surface area contributed by atoms with Crippen LogP contribution in [0.1, 0.15) is 9.67 Å². The van der Waals surface area contributed by atoms with E-state index < -0.39 is 0 Å². The molecule has 0 fully saturated rings. The first kappa shape index (κ1) is 11.6. The maximum atomic E-state index is 11.9. The number of nitrogens with one attached hydrogen (secondary N) is 1. The van der Waals surface area contributed by atoms with E-state index >= 15 is 0 Å². The Morgan fingerprint density at radius 2 is 1.84 bits per heavy atom. The van der Waals surface area contributed by atoms with Crippen molar-refractivity contribution in [2.24, 2.45) is 0 Å². The van der Waals surface area contributed by atoms with Crippen LogP contribution in [0, 0.1) is 0 Å². The Bertz CT molecular complexity index is 659. The molecule has 1 N–H and O–H groups in total. The van der Waals surface area contributed by atoms with Gasteiger partial charge in [-0.3, -0.25) is 9.36 Å². The van der Waals surface area contributed by atoms with Crippen molar-refractivity contribution in [1.82, 2.24) is 14.8 Å². The number of rotatable bonds is 3. The van der Waals surface area contributed by atoms with Crippen molar-refractivity contribution >= 4 is 22.9 Å². The molecule has 0 unspecified atom stereocenters. The fourth-order valence-electron chi connectivity index (χ4n) is 1.65. The number of carbonyl (C=O) groups is 1. The fourth-order valence-corrected chi connectivity index (χ4v) is 2.27. The van der Waals surface area contributed by atoms with Crippen LogP contribution in [0.5, 0.6) is 0 Å². The van der Waals surface area contributed by atoms with E-state index in [2.05, 4.69) is 15.5 Å². The SMILES string of the molecule is O=C(Nc1ccc(-n2cnnc2)cc1)c1cccs1. The Labute approximate surface area is 113 Å². The molecule has 94 valence electrons. The summed E-state index contributed by atoms with van der Waals surface area (Å²) in [7, 11) is 0. The van der Waals surface area contributed by atoms with E-state index in [0.29, 0.717) is 4.88 Å². The molecule has 0 saturated heterocycles. The highest BCUT2D eigenvalue weighted by Gasteiger charge is 2.06. The molecule has 19 heavy (non-hydrogen) atoms. The van der Waals surface area contributed by atoms with E-state index in [9.17, 15) is 4.79 Å². The third kappa shape index (κ3) is 2.53. The lowest BCUT2D eigenvalue weighted by Crippen LogP contribution is -2.09. The Kier molecular flexibility index (Phi) is 3.07. The normalized spacial score (nSPS) is 10.3. The monoisotopic (exact) mass is 270 g/mol. The molecule has 2 heterocycles. The molecule has 0 aliphatic heterocycles. The molecule has 6 heteroatoms. The predicted molar refractivity (Wildman–Crippen MR) is 73.6 cm³/mol. The summed E-state index contributed by atoms with van der Waals surface area (Å²) >= 11 is 1.42. The van der Waals surface area contributed by atoms with Gasteiger partial charge in [0.05, 0.1) is 4.88 Å². The Morgan fingerprint density at radius 3 is 2.47 bits per heavy atom. The molecule has 0 saturated carbocycles. The van der Waals surface area contributed by atoms with E-state index in [4.69, 9.17) is 0 Å². The Morgan fingerprint density at radius 1 is 1.11 bits per heavy atom. The molecular formula is C13H10N4OS. The van der Waals surface area contributed by atoms with E-state index in [1.54, 1.807) is 23.3 Å². The van der Waals surface area contributed by atoms with Gasteiger partial charge in [-0.25, -0.2) is 0 Å². The molecule has 1 aromatic carbocycles. The first-order chi connectivity index (χ1) is 9.33. The maximum absolute atomic E-state index is 11.9. The molecule has 3 rings (SSSR count). The molecule has 2 aromatic heterocycles. The van der Waals surface area contributed by atoms with Crippen molar-refractivity contribution < 1.29 is 4.79 Å². The van der Waals surface area contributed by atoms with E-state index in [1.165, 1.54) is 11.3 Å². The minimum Gasteiger partial charge on any atom is -0.321 e. The third-order valence-electron chi connectivity index (χ3n) is 2.59. The van der Waals surface area contributed by atoms with Crippen molar-refractivity contribution in [3.05, 3.63) is 59.3 Å². The zero-order chi connectivity index (χ0) is 13.1. The van der Waals surface area contributed by atoms with Crippen LogP contribution in [0.4, 0.5) is 5.69 Å². The highest BCUT2D eigenvalue weighted by atomic mass is 32.1. The summed E-state index contributed by atoms with van der Waals surface area (Å²) in [5, 5.41) is 12.2. The highest BCUT2D eigenvalue weighted by Crippen LogP contribution is 2.15. The topological polar surface area (TPSA) is 59.8 Å². The van der Waals surface area contributed by atoms with Crippen LogP contribution in [-0.4, -0.2) is 20.7 Å². The van der Waals surface area contributed by atoms with Crippen LogP contribution in [0.15, 0.2) is 54.4 Å². The summed E-state index contributed by atoms with van der Waals surface area (Å²) in [5.74, 6) is -0.0907. The molecule has 0 atom stereocenters. The van der Waals surface area contributed by atoms with Crippen LogP contribution in [0.3, 0.4) is 0 Å². The number of hydrogen-bond donors (Lipinski definition) is 1. The van der Waals surface area contributed by atoms with Crippen LogP contribution in [-0.2, 0) is 0 Å². The number of benzene rings is 1. The van der Waals surface area contributed by atoms with Crippen LogP contribution < -0.4 is 5.32 Å². The molecule has 0 radical (unpaired) electrons. The quantitative estimate of drug-likeness (QED) is 0.795. The lowest BCUT2D eigenvalue weighted by molar-refractivity contribution is 0.103. The number of amides is 1. The molecule has 5 nitrogen and oxygen atoms in total. The lowest BCUT2D eigenvalue weighted by Gasteiger charge is -2.05. The minimum absolute atomic E-state index is 0.0907. The van der Waals surface area contributed by atoms with Gasteiger partial charge >= 0.3 is 0 Å². The van der Waals surface area contributed by atoms with Gasteiger partial charge in [0.1, 0.15) is 12.7 Å². The van der Waals surface area contributed by atoms with E-state index in [-0.39, 0.29) is 5.91 Å². The van der Waals surface area contributed by atoms with Gasteiger partial charge in [0.25, 0.3) is 5.91 Å². The molecule has 0 bridgehead atoms. The summed E-state index contributed by atoms with van der Waals surface area (Å²) in [5.41, 5.74) is 1.70. The number of thiophene rings is 1. The first-order valence-electron chi connectivity index (χ1n) is 5.63. The summed E-state index contributed by atoms with van der Waals surface area (Å²) in [6.07, 6.45) is 3.25. The minimum atomic E-state index is -0.0907. The van der Waals surface area contributed by atoms with Crippen molar-refractivity contribution in [1.29, 1.82) is 0 Å². The Hall–Kier alpha value is -2.47. The van der Waals surface area contributed by atoms with Gasteiger partial charge < -0.3 is 5.32 Å².